The molecule has 0 bridgehead atoms. The number of rotatable bonds is 8. The van der Waals surface area contributed by atoms with Crippen molar-refractivity contribution < 1.29 is 14.4 Å². The lowest BCUT2D eigenvalue weighted by Crippen LogP contribution is -2.24. The van der Waals surface area contributed by atoms with Crippen molar-refractivity contribution >= 4 is 27.6 Å². The Hall–Kier alpha value is -1.37. The van der Waals surface area contributed by atoms with Crippen LogP contribution in [0.4, 0.5) is 0 Å². The minimum atomic E-state index is -0.414. The average Bonchev–Trinajstić information content (AvgIpc) is 2.39. The highest BCUT2D eigenvalue weighted by Gasteiger charge is 2.04. The molecule has 110 valence electrons. The zero-order valence-corrected chi connectivity index (χ0v) is 13.3. The van der Waals surface area contributed by atoms with Crippen LogP contribution in [0.25, 0.3) is 5.70 Å². The summed E-state index contributed by atoms with van der Waals surface area (Å²) >= 11 is 3.35. The first-order valence-corrected chi connectivity index (χ1v) is 6.91. The Morgan fingerprint density at radius 2 is 2.00 bits per heavy atom. The monoisotopic (exact) mass is 342 g/mol. The highest BCUT2D eigenvalue weighted by atomic mass is 79.9. The number of halogens is 1. The van der Waals surface area contributed by atoms with E-state index in [1.54, 1.807) is 0 Å². The SMILES string of the molecule is C=C(NOCC(=O)OCCN(C)C)c1ccc(Br)cc1. The van der Waals surface area contributed by atoms with E-state index in [0.29, 0.717) is 18.8 Å². The molecular weight excluding hydrogens is 324 g/mol. The van der Waals surface area contributed by atoms with Gasteiger partial charge in [0.05, 0.1) is 5.70 Å². The molecule has 0 aliphatic rings. The summed E-state index contributed by atoms with van der Waals surface area (Å²) < 4.78 is 5.96. The van der Waals surface area contributed by atoms with Crippen LogP contribution in [0, 0.1) is 0 Å². The molecule has 0 spiro atoms. The van der Waals surface area contributed by atoms with Crippen molar-refractivity contribution in [1.82, 2.24) is 10.4 Å². The molecule has 1 N–H and O–H groups in total. The quantitative estimate of drug-likeness (QED) is 0.578. The second kappa shape index (κ2) is 8.73. The van der Waals surface area contributed by atoms with Crippen LogP contribution >= 0.6 is 15.9 Å². The zero-order valence-electron chi connectivity index (χ0n) is 11.7. The van der Waals surface area contributed by atoms with Crippen molar-refractivity contribution in [3.63, 3.8) is 0 Å². The first kappa shape index (κ1) is 16.7. The number of nitrogens with zero attached hydrogens (tertiary/aromatic N) is 1. The predicted octanol–water partition coefficient (Wildman–Crippen LogP) is 2.05. The van der Waals surface area contributed by atoms with Crippen molar-refractivity contribution in [1.29, 1.82) is 0 Å². The van der Waals surface area contributed by atoms with Gasteiger partial charge in [0, 0.05) is 11.0 Å². The van der Waals surface area contributed by atoms with Crippen LogP contribution in [-0.4, -0.2) is 44.7 Å². The lowest BCUT2D eigenvalue weighted by Gasteiger charge is -2.11. The summed E-state index contributed by atoms with van der Waals surface area (Å²) in [6.45, 7) is 4.70. The minimum absolute atomic E-state index is 0.164. The maximum atomic E-state index is 11.3. The van der Waals surface area contributed by atoms with E-state index in [1.165, 1.54) is 0 Å². The van der Waals surface area contributed by atoms with Gasteiger partial charge in [0.1, 0.15) is 6.61 Å². The maximum absolute atomic E-state index is 11.3. The second-order valence-corrected chi connectivity index (χ2v) is 5.32. The van der Waals surface area contributed by atoms with E-state index in [4.69, 9.17) is 9.57 Å². The van der Waals surface area contributed by atoms with Crippen LogP contribution in [0.2, 0.25) is 0 Å². The Labute approximate surface area is 127 Å². The summed E-state index contributed by atoms with van der Waals surface area (Å²) in [6.07, 6.45) is 0. The Kier molecular flexibility index (Phi) is 7.28. The van der Waals surface area contributed by atoms with E-state index < -0.39 is 5.97 Å². The van der Waals surface area contributed by atoms with Gasteiger partial charge < -0.3 is 9.64 Å². The zero-order chi connectivity index (χ0) is 15.0. The lowest BCUT2D eigenvalue weighted by molar-refractivity contribution is -0.150. The third-order valence-corrected chi connectivity index (χ3v) is 2.91. The summed E-state index contributed by atoms with van der Waals surface area (Å²) in [4.78, 5) is 18.3. The van der Waals surface area contributed by atoms with Crippen molar-refractivity contribution in [2.45, 2.75) is 0 Å². The van der Waals surface area contributed by atoms with Crippen molar-refractivity contribution in [3.05, 3.63) is 40.9 Å². The Bertz CT molecular complexity index is 446. The molecule has 5 nitrogen and oxygen atoms in total. The van der Waals surface area contributed by atoms with E-state index >= 15 is 0 Å². The van der Waals surface area contributed by atoms with E-state index in [9.17, 15) is 4.79 Å². The van der Waals surface area contributed by atoms with Gasteiger partial charge in [0.2, 0.25) is 0 Å². The van der Waals surface area contributed by atoms with Crippen LogP contribution in [-0.2, 0) is 14.4 Å². The molecule has 0 saturated heterocycles. The molecule has 6 heteroatoms. The minimum Gasteiger partial charge on any atom is -0.463 e. The second-order valence-electron chi connectivity index (χ2n) is 4.40. The summed E-state index contributed by atoms with van der Waals surface area (Å²) in [5, 5.41) is 0. The molecule has 20 heavy (non-hydrogen) atoms. The third-order valence-electron chi connectivity index (χ3n) is 2.38. The molecule has 1 rings (SSSR count). The molecule has 0 aliphatic heterocycles. The number of esters is 1. The van der Waals surface area contributed by atoms with E-state index in [-0.39, 0.29) is 6.61 Å². The number of likely N-dealkylation sites (N-methyl/N-ethyl adjacent to an activating group) is 1. The molecule has 0 aromatic heterocycles. The topological polar surface area (TPSA) is 50.8 Å². The Morgan fingerprint density at radius 3 is 2.60 bits per heavy atom. The number of carbonyl (C=O) groups excluding carboxylic acids is 1. The number of hydrogen-bond donors (Lipinski definition) is 1. The number of ether oxygens (including phenoxy) is 1. The number of carbonyl (C=O) groups is 1. The molecule has 0 unspecified atom stereocenters. The van der Waals surface area contributed by atoms with Crippen molar-refractivity contribution in [2.75, 3.05) is 33.9 Å². The number of nitrogens with one attached hydrogen (secondary N) is 1. The van der Waals surface area contributed by atoms with Crippen LogP contribution in [0.5, 0.6) is 0 Å². The molecule has 0 atom stereocenters. The number of hydrogen-bond acceptors (Lipinski definition) is 5. The fraction of sp³-hybridized carbons (Fsp3) is 0.357. The van der Waals surface area contributed by atoms with Gasteiger partial charge in [-0.15, -0.1) is 0 Å². The van der Waals surface area contributed by atoms with Crippen molar-refractivity contribution in [3.8, 4) is 0 Å². The van der Waals surface area contributed by atoms with Gasteiger partial charge in [-0.3, -0.25) is 10.3 Å². The van der Waals surface area contributed by atoms with Gasteiger partial charge >= 0.3 is 5.97 Å². The van der Waals surface area contributed by atoms with Crippen LogP contribution < -0.4 is 5.48 Å². The van der Waals surface area contributed by atoms with Crippen LogP contribution in [0.1, 0.15) is 5.56 Å². The normalized spacial score (nSPS) is 10.4. The Balaban J connectivity index is 2.21. The third kappa shape index (κ3) is 6.70. The predicted molar refractivity (Wildman–Crippen MR) is 81.8 cm³/mol. The van der Waals surface area contributed by atoms with Gasteiger partial charge in [0.15, 0.2) is 6.61 Å². The number of hydroxylamine groups is 1. The summed E-state index contributed by atoms with van der Waals surface area (Å²) in [5.74, 6) is -0.414. The molecule has 0 radical (unpaired) electrons. The summed E-state index contributed by atoms with van der Waals surface area (Å²) in [6, 6.07) is 7.58. The lowest BCUT2D eigenvalue weighted by atomic mass is 10.2. The van der Waals surface area contributed by atoms with E-state index in [2.05, 4.69) is 28.0 Å². The molecule has 0 amide bonds. The van der Waals surface area contributed by atoms with Gasteiger partial charge in [-0.1, -0.05) is 34.6 Å². The first-order valence-electron chi connectivity index (χ1n) is 6.12. The molecule has 0 fully saturated rings. The molecule has 0 saturated carbocycles. The standard InChI is InChI=1S/C14H19BrN2O3/c1-11(12-4-6-13(15)7-5-12)16-20-10-14(18)19-9-8-17(2)3/h4-7,16H,1,8-10H2,2-3H3. The van der Waals surface area contributed by atoms with E-state index in [1.807, 2.05) is 43.3 Å². The number of benzene rings is 1. The summed E-state index contributed by atoms with van der Waals surface area (Å²) in [5.41, 5.74) is 4.09. The molecular formula is C14H19BrN2O3. The van der Waals surface area contributed by atoms with Gasteiger partial charge in [0.25, 0.3) is 0 Å². The Morgan fingerprint density at radius 1 is 1.35 bits per heavy atom. The van der Waals surface area contributed by atoms with Crippen LogP contribution in [0.15, 0.2) is 35.3 Å². The van der Waals surface area contributed by atoms with Gasteiger partial charge in [-0.05, 0) is 31.8 Å². The van der Waals surface area contributed by atoms with Crippen molar-refractivity contribution in [2.24, 2.45) is 0 Å². The highest BCUT2D eigenvalue weighted by molar-refractivity contribution is 9.10. The van der Waals surface area contributed by atoms with Crippen LogP contribution in [0.3, 0.4) is 0 Å². The van der Waals surface area contributed by atoms with Gasteiger partial charge in [-0.2, -0.15) is 0 Å². The molecule has 0 heterocycles. The maximum Gasteiger partial charge on any atom is 0.334 e. The molecule has 1 aromatic rings. The first-order chi connectivity index (χ1) is 9.49. The fourth-order valence-corrected chi connectivity index (χ4v) is 1.54. The highest BCUT2D eigenvalue weighted by Crippen LogP contribution is 2.14. The smallest absolute Gasteiger partial charge is 0.334 e. The average molecular weight is 343 g/mol. The van der Waals surface area contributed by atoms with Gasteiger partial charge in [-0.25, -0.2) is 4.79 Å². The largest absolute Gasteiger partial charge is 0.463 e. The van der Waals surface area contributed by atoms with E-state index in [0.717, 1.165) is 10.0 Å². The molecule has 1 aromatic carbocycles. The fourth-order valence-electron chi connectivity index (χ4n) is 1.28. The molecule has 0 aliphatic carbocycles. The summed E-state index contributed by atoms with van der Waals surface area (Å²) in [7, 11) is 3.82.